The summed E-state index contributed by atoms with van der Waals surface area (Å²) >= 11 is 3.37. The van der Waals surface area contributed by atoms with Crippen LogP contribution in [0.1, 0.15) is 56.5 Å². The number of allylic oxidation sites excluding steroid dienone is 1. The number of carbonyl (C=O) groups is 1. The number of nitrogens with zero attached hydrogens (tertiary/aromatic N) is 2. The smallest absolute Gasteiger partial charge is 0.338 e. The standard InChI is InChI=1S/C24H23IN2O4S/c1-5-30-23(29)20-14(4)26-24-27(21(20)16-8-6-15(7-9-16)13(2)3)22(28)18(32-24)12-17-10-11-19(25)31-17/h6-13,21H,5H2,1-4H3/t21-/m1/s1. The lowest BCUT2D eigenvalue weighted by atomic mass is 9.93. The van der Waals surface area contributed by atoms with Gasteiger partial charge in [-0.1, -0.05) is 49.4 Å². The first kappa shape index (κ1) is 22.7. The average molecular weight is 562 g/mol. The van der Waals surface area contributed by atoms with Crippen molar-refractivity contribution in [1.29, 1.82) is 0 Å². The van der Waals surface area contributed by atoms with E-state index in [0.717, 1.165) is 9.33 Å². The number of aromatic nitrogens is 1. The van der Waals surface area contributed by atoms with Crippen LogP contribution < -0.4 is 14.9 Å². The van der Waals surface area contributed by atoms with Crippen LogP contribution in [-0.2, 0) is 9.53 Å². The number of carbonyl (C=O) groups excluding carboxylic acids is 1. The number of hydrogen-bond acceptors (Lipinski definition) is 6. The second-order valence-corrected chi connectivity index (χ2v) is 9.84. The molecule has 0 radical (unpaired) electrons. The van der Waals surface area contributed by atoms with Crippen molar-refractivity contribution in [3.8, 4) is 0 Å². The van der Waals surface area contributed by atoms with E-state index in [1.54, 1.807) is 24.5 Å². The molecule has 2 aromatic heterocycles. The van der Waals surface area contributed by atoms with Gasteiger partial charge in [-0.15, -0.1) is 0 Å². The fourth-order valence-corrected chi connectivity index (χ4v) is 5.17. The Hall–Kier alpha value is -2.46. The Kier molecular flexibility index (Phi) is 6.52. The molecule has 166 valence electrons. The molecule has 0 bridgehead atoms. The van der Waals surface area contributed by atoms with Crippen LogP contribution in [0.2, 0.25) is 0 Å². The lowest BCUT2D eigenvalue weighted by Gasteiger charge is -2.25. The zero-order chi connectivity index (χ0) is 23.0. The lowest BCUT2D eigenvalue weighted by Crippen LogP contribution is -2.39. The van der Waals surface area contributed by atoms with Crippen molar-refractivity contribution in [1.82, 2.24) is 4.57 Å². The Labute approximate surface area is 203 Å². The van der Waals surface area contributed by atoms with Crippen molar-refractivity contribution in [2.45, 2.75) is 39.7 Å². The van der Waals surface area contributed by atoms with E-state index in [4.69, 9.17) is 9.15 Å². The van der Waals surface area contributed by atoms with Gasteiger partial charge >= 0.3 is 5.97 Å². The number of furan rings is 1. The molecule has 0 unspecified atom stereocenters. The predicted octanol–water partition coefficient (Wildman–Crippen LogP) is 4.12. The maximum absolute atomic E-state index is 13.5. The van der Waals surface area contributed by atoms with Crippen LogP contribution >= 0.6 is 33.9 Å². The summed E-state index contributed by atoms with van der Waals surface area (Å²) in [6, 6.07) is 11.1. The molecule has 32 heavy (non-hydrogen) atoms. The maximum Gasteiger partial charge on any atom is 0.338 e. The summed E-state index contributed by atoms with van der Waals surface area (Å²) in [5, 5.41) is 0. The minimum absolute atomic E-state index is 0.215. The van der Waals surface area contributed by atoms with E-state index in [1.807, 2.05) is 36.4 Å². The number of benzene rings is 1. The fourth-order valence-electron chi connectivity index (χ4n) is 3.71. The number of ether oxygens (including phenoxy) is 1. The van der Waals surface area contributed by atoms with Crippen molar-refractivity contribution >= 4 is 46.0 Å². The number of halogens is 1. The number of hydrogen-bond donors (Lipinski definition) is 0. The minimum Gasteiger partial charge on any atom is -0.463 e. The predicted molar refractivity (Wildman–Crippen MR) is 132 cm³/mol. The zero-order valence-electron chi connectivity index (χ0n) is 18.2. The summed E-state index contributed by atoms with van der Waals surface area (Å²) in [6.07, 6.45) is 1.72. The Bertz CT molecular complexity index is 1380. The van der Waals surface area contributed by atoms with E-state index in [9.17, 15) is 9.59 Å². The third-order valence-corrected chi connectivity index (χ3v) is 6.87. The first-order valence-corrected chi connectivity index (χ1v) is 12.2. The number of rotatable bonds is 5. The topological polar surface area (TPSA) is 73.8 Å². The number of thiazole rings is 1. The monoisotopic (exact) mass is 562 g/mol. The van der Waals surface area contributed by atoms with Crippen molar-refractivity contribution < 1.29 is 13.9 Å². The van der Waals surface area contributed by atoms with Gasteiger partial charge in [0.15, 0.2) is 8.57 Å². The Balaban J connectivity index is 1.93. The second kappa shape index (κ2) is 9.19. The summed E-state index contributed by atoms with van der Waals surface area (Å²) in [5.41, 5.74) is 2.75. The number of fused-ring (bicyclic) bond motifs is 1. The van der Waals surface area contributed by atoms with Crippen molar-refractivity contribution in [3.63, 3.8) is 0 Å². The van der Waals surface area contributed by atoms with Crippen LogP contribution in [0, 0.1) is 3.77 Å². The molecule has 1 aliphatic rings. The Morgan fingerprint density at radius 1 is 1.28 bits per heavy atom. The van der Waals surface area contributed by atoms with E-state index < -0.39 is 12.0 Å². The molecule has 0 spiro atoms. The van der Waals surface area contributed by atoms with Gasteiger partial charge in [-0.3, -0.25) is 9.36 Å². The number of esters is 1. The minimum atomic E-state index is -0.606. The van der Waals surface area contributed by atoms with E-state index in [-0.39, 0.29) is 12.2 Å². The largest absolute Gasteiger partial charge is 0.463 e. The average Bonchev–Trinajstić information content (AvgIpc) is 3.30. The van der Waals surface area contributed by atoms with Gasteiger partial charge in [0.1, 0.15) is 5.76 Å². The summed E-state index contributed by atoms with van der Waals surface area (Å²) in [4.78, 5) is 31.5. The molecule has 0 aliphatic carbocycles. The van der Waals surface area contributed by atoms with E-state index in [2.05, 4.69) is 41.4 Å². The zero-order valence-corrected chi connectivity index (χ0v) is 21.2. The van der Waals surface area contributed by atoms with E-state index in [0.29, 0.717) is 32.3 Å². The molecule has 1 atom stereocenters. The molecule has 0 N–H and O–H groups in total. The quantitative estimate of drug-likeness (QED) is 0.347. The van der Waals surface area contributed by atoms with Crippen LogP contribution in [0.15, 0.2) is 61.9 Å². The van der Waals surface area contributed by atoms with Crippen LogP contribution in [0.3, 0.4) is 0 Å². The third-order valence-electron chi connectivity index (χ3n) is 5.30. The van der Waals surface area contributed by atoms with Crippen molar-refractivity contribution in [2.75, 3.05) is 6.61 Å². The van der Waals surface area contributed by atoms with E-state index in [1.165, 1.54) is 16.9 Å². The molecular weight excluding hydrogens is 539 g/mol. The molecule has 1 aliphatic heterocycles. The van der Waals surface area contributed by atoms with Gasteiger partial charge in [-0.2, -0.15) is 0 Å². The fraction of sp³-hybridized carbons (Fsp3) is 0.292. The van der Waals surface area contributed by atoms with Gasteiger partial charge in [-0.05, 0) is 65.6 Å². The molecule has 0 amide bonds. The molecule has 0 saturated heterocycles. The highest BCUT2D eigenvalue weighted by atomic mass is 127. The Morgan fingerprint density at radius 2 is 2.00 bits per heavy atom. The van der Waals surface area contributed by atoms with E-state index >= 15 is 0 Å². The molecular formula is C24H23IN2O4S. The molecule has 1 aromatic carbocycles. The second-order valence-electron chi connectivity index (χ2n) is 7.77. The molecule has 3 heterocycles. The van der Waals surface area contributed by atoms with Crippen LogP contribution in [0.5, 0.6) is 0 Å². The molecule has 6 nitrogen and oxygen atoms in total. The van der Waals surface area contributed by atoms with Gasteiger partial charge in [0.2, 0.25) is 0 Å². The van der Waals surface area contributed by atoms with Crippen LogP contribution in [-0.4, -0.2) is 17.1 Å². The van der Waals surface area contributed by atoms with Gasteiger partial charge in [0, 0.05) is 6.08 Å². The summed E-state index contributed by atoms with van der Waals surface area (Å²) in [7, 11) is 0. The van der Waals surface area contributed by atoms with Gasteiger partial charge < -0.3 is 9.15 Å². The van der Waals surface area contributed by atoms with Crippen molar-refractivity contribution in [3.05, 3.63) is 88.0 Å². The molecule has 0 fully saturated rings. The highest BCUT2D eigenvalue weighted by Crippen LogP contribution is 2.31. The third kappa shape index (κ3) is 4.25. The lowest BCUT2D eigenvalue weighted by molar-refractivity contribution is -0.139. The van der Waals surface area contributed by atoms with Gasteiger partial charge in [-0.25, -0.2) is 9.79 Å². The normalized spacial score (nSPS) is 16.3. The van der Waals surface area contributed by atoms with Crippen LogP contribution in [0.4, 0.5) is 0 Å². The SMILES string of the molecule is CCOC(=O)C1=C(C)N=c2sc(=Cc3ccc(I)o3)c(=O)n2[C@@H]1c1ccc(C(C)C)cc1. The summed E-state index contributed by atoms with van der Waals surface area (Å²) in [5.74, 6) is 0.518. The molecule has 3 aromatic rings. The highest BCUT2D eigenvalue weighted by Gasteiger charge is 2.33. The Morgan fingerprint density at radius 3 is 2.59 bits per heavy atom. The highest BCUT2D eigenvalue weighted by molar-refractivity contribution is 14.1. The van der Waals surface area contributed by atoms with Gasteiger partial charge in [0.05, 0.1) is 28.5 Å². The summed E-state index contributed by atoms with van der Waals surface area (Å²) < 4.78 is 13.8. The summed E-state index contributed by atoms with van der Waals surface area (Å²) in [6.45, 7) is 8.05. The first-order chi connectivity index (χ1) is 15.3. The first-order valence-electron chi connectivity index (χ1n) is 10.3. The van der Waals surface area contributed by atoms with Crippen LogP contribution in [0.25, 0.3) is 6.08 Å². The van der Waals surface area contributed by atoms with Gasteiger partial charge in [0.25, 0.3) is 5.56 Å². The van der Waals surface area contributed by atoms with Crippen molar-refractivity contribution in [2.24, 2.45) is 4.99 Å². The molecule has 8 heteroatoms. The molecule has 0 saturated carbocycles. The molecule has 4 rings (SSSR count). The maximum atomic E-state index is 13.5.